The van der Waals surface area contributed by atoms with E-state index in [9.17, 15) is 9.59 Å². The predicted molar refractivity (Wildman–Crippen MR) is 106 cm³/mol. The fourth-order valence-corrected chi connectivity index (χ4v) is 3.11. The molecular formula is C19H14BrN5O2. The SMILES string of the molecule is O=C(Cn1cnc2c(cnn2-c2ccccc2)c1=O)Nc1ccccc1Br. The summed E-state index contributed by atoms with van der Waals surface area (Å²) in [7, 11) is 0. The fraction of sp³-hybridized carbons (Fsp3) is 0.0526. The van der Waals surface area contributed by atoms with E-state index in [1.54, 1.807) is 10.7 Å². The second-order valence-electron chi connectivity index (χ2n) is 5.83. The average molecular weight is 424 g/mol. The summed E-state index contributed by atoms with van der Waals surface area (Å²) in [6.07, 6.45) is 2.84. The van der Waals surface area contributed by atoms with Crippen LogP contribution in [0, 0.1) is 0 Å². The van der Waals surface area contributed by atoms with Crippen molar-refractivity contribution in [1.82, 2.24) is 19.3 Å². The molecule has 4 rings (SSSR count). The molecule has 0 fully saturated rings. The smallest absolute Gasteiger partial charge is 0.264 e. The van der Waals surface area contributed by atoms with Gasteiger partial charge in [0.15, 0.2) is 5.65 Å². The van der Waals surface area contributed by atoms with Gasteiger partial charge < -0.3 is 5.32 Å². The van der Waals surface area contributed by atoms with Crippen LogP contribution in [0.4, 0.5) is 5.69 Å². The minimum Gasteiger partial charge on any atom is -0.324 e. The number of halogens is 1. The van der Waals surface area contributed by atoms with Crippen LogP contribution in [0.15, 0.2) is 76.4 Å². The number of benzene rings is 2. The molecule has 7 nitrogen and oxygen atoms in total. The Hall–Kier alpha value is -3.26. The summed E-state index contributed by atoms with van der Waals surface area (Å²) in [5.41, 5.74) is 1.59. The molecule has 2 aromatic heterocycles. The fourth-order valence-electron chi connectivity index (χ4n) is 2.73. The van der Waals surface area contributed by atoms with E-state index in [4.69, 9.17) is 0 Å². The molecule has 0 bridgehead atoms. The maximum absolute atomic E-state index is 12.7. The number of rotatable bonds is 4. The Balaban J connectivity index is 1.62. The zero-order chi connectivity index (χ0) is 18.8. The van der Waals surface area contributed by atoms with Gasteiger partial charge in [0.1, 0.15) is 18.3 Å². The number of nitrogens with one attached hydrogen (secondary N) is 1. The number of aromatic nitrogens is 4. The predicted octanol–water partition coefficient (Wildman–Crippen LogP) is 2.98. The maximum atomic E-state index is 12.7. The molecule has 4 aromatic rings. The van der Waals surface area contributed by atoms with E-state index in [-0.39, 0.29) is 18.0 Å². The first-order chi connectivity index (χ1) is 13.1. The van der Waals surface area contributed by atoms with Crippen molar-refractivity contribution in [2.24, 2.45) is 0 Å². The lowest BCUT2D eigenvalue weighted by molar-refractivity contribution is -0.116. The molecule has 2 heterocycles. The Labute approximate surface area is 162 Å². The first-order valence-electron chi connectivity index (χ1n) is 8.16. The monoisotopic (exact) mass is 423 g/mol. The molecule has 27 heavy (non-hydrogen) atoms. The van der Waals surface area contributed by atoms with Gasteiger partial charge in [0, 0.05) is 4.47 Å². The van der Waals surface area contributed by atoms with E-state index >= 15 is 0 Å². The van der Waals surface area contributed by atoms with Gasteiger partial charge in [-0.3, -0.25) is 14.2 Å². The van der Waals surface area contributed by atoms with Crippen LogP contribution in [0.1, 0.15) is 0 Å². The summed E-state index contributed by atoms with van der Waals surface area (Å²) in [6.45, 7) is -0.139. The van der Waals surface area contributed by atoms with Crippen LogP contribution >= 0.6 is 15.9 Å². The van der Waals surface area contributed by atoms with Crippen LogP contribution < -0.4 is 10.9 Å². The summed E-state index contributed by atoms with van der Waals surface area (Å²) in [4.78, 5) is 29.3. The Morgan fingerprint density at radius 1 is 1.07 bits per heavy atom. The number of hydrogen-bond donors (Lipinski definition) is 1. The molecule has 0 saturated carbocycles. The van der Waals surface area contributed by atoms with Gasteiger partial charge in [0.2, 0.25) is 5.91 Å². The minimum absolute atomic E-state index is 0.139. The highest BCUT2D eigenvalue weighted by molar-refractivity contribution is 9.10. The second-order valence-corrected chi connectivity index (χ2v) is 6.69. The molecule has 1 amide bonds. The van der Waals surface area contributed by atoms with E-state index in [2.05, 4.69) is 31.3 Å². The molecule has 134 valence electrons. The van der Waals surface area contributed by atoms with E-state index in [0.29, 0.717) is 16.7 Å². The number of anilines is 1. The Bertz CT molecular complexity index is 1180. The lowest BCUT2D eigenvalue weighted by Gasteiger charge is -2.09. The van der Waals surface area contributed by atoms with Gasteiger partial charge in [-0.15, -0.1) is 0 Å². The van der Waals surface area contributed by atoms with Crippen molar-refractivity contribution in [2.45, 2.75) is 6.54 Å². The number of nitrogens with zero attached hydrogens (tertiary/aromatic N) is 4. The van der Waals surface area contributed by atoms with Crippen molar-refractivity contribution in [2.75, 3.05) is 5.32 Å². The van der Waals surface area contributed by atoms with Gasteiger partial charge in [-0.05, 0) is 40.2 Å². The molecule has 1 N–H and O–H groups in total. The normalized spacial score (nSPS) is 10.9. The number of carbonyl (C=O) groups excluding carboxylic acids is 1. The third kappa shape index (κ3) is 3.39. The first kappa shape index (κ1) is 17.2. The van der Waals surface area contributed by atoms with Crippen LogP contribution in [0.2, 0.25) is 0 Å². The highest BCUT2D eigenvalue weighted by atomic mass is 79.9. The molecule has 0 radical (unpaired) electrons. The molecule has 0 spiro atoms. The summed E-state index contributed by atoms with van der Waals surface area (Å²) in [6, 6.07) is 16.7. The molecule has 2 aromatic carbocycles. The summed E-state index contributed by atoms with van der Waals surface area (Å²) < 4.78 is 3.64. The zero-order valence-electron chi connectivity index (χ0n) is 14.0. The van der Waals surface area contributed by atoms with Gasteiger partial charge in [-0.25, -0.2) is 9.67 Å². The van der Waals surface area contributed by atoms with Crippen LogP contribution in [0.3, 0.4) is 0 Å². The van der Waals surface area contributed by atoms with Gasteiger partial charge in [0.05, 0.1) is 17.6 Å². The van der Waals surface area contributed by atoms with Crippen molar-refractivity contribution in [3.8, 4) is 5.69 Å². The molecule has 0 atom stereocenters. The number of carbonyl (C=O) groups is 1. The van der Waals surface area contributed by atoms with E-state index in [1.807, 2.05) is 48.5 Å². The van der Waals surface area contributed by atoms with E-state index in [1.165, 1.54) is 17.1 Å². The molecule has 0 aliphatic heterocycles. The van der Waals surface area contributed by atoms with Crippen molar-refractivity contribution < 1.29 is 4.79 Å². The van der Waals surface area contributed by atoms with Crippen molar-refractivity contribution in [3.63, 3.8) is 0 Å². The lowest BCUT2D eigenvalue weighted by Crippen LogP contribution is -2.28. The summed E-state index contributed by atoms with van der Waals surface area (Å²) in [5, 5.41) is 7.39. The highest BCUT2D eigenvalue weighted by Gasteiger charge is 2.13. The lowest BCUT2D eigenvalue weighted by atomic mass is 10.3. The van der Waals surface area contributed by atoms with Crippen LogP contribution in [0.25, 0.3) is 16.7 Å². The number of para-hydroxylation sites is 2. The minimum atomic E-state index is -0.319. The largest absolute Gasteiger partial charge is 0.324 e. The quantitative estimate of drug-likeness (QED) is 0.546. The standard InChI is InChI=1S/C19H14BrN5O2/c20-15-8-4-5-9-16(15)23-17(26)11-24-12-21-18-14(19(24)27)10-22-25(18)13-6-2-1-3-7-13/h1-10,12H,11H2,(H,23,26). The second kappa shape index (κ2) is 7.16. The van der Waals surface area contributed by atoms with Crippen molar-refractivity contribution in [3.05, 3.63) is 81.9 Å². The van der Waals surface area contributed by atoms with Crippen molar-refractivity contribution in [1.29, 1.82) is 0 Å². The van der Waals surface area contributed by atoms with Gasteiger partial charge in [-0.1, -0.05) is 30.3 Å². The molecule has 0 aliphatic rings. The average Bonchev–Trinajstić information content (AvgIpc) is 3.11. The van der Waals surface area contributed by atoms with E-state index < -0.39 is 0 Å². The number of hydrogen-bond acceptors (Lipinski definition) is 4. The molecular weight excluding hydrogens is 410 g/mol. The molecule has 0 aliphatic carbocycles. The Morgan fingerprint density at radius 3 is 2.59 bits per heavy atom. The van der Waals surface area contributed by atoms with Crippen LogP contribution in [-0.2, 0) is 11.3 Å². The van der Waals surface area contributed by atoms with Gasteiger partial charge in [-0.2, -0.15) is 5.10 Å². The van der Waals surface area contributed by atoms with Crippen molar-refractivity contribution >= 4 is 38.6 Å². The Morgan fingerprint density at radius 2 is 1.81 bits per heavy atom. The maximum Gasteiger partial charge on any atom is 0.264 e. The third-order valence-electron chi connectivity index (χ3n) is 4.02. The number of fused-ring (bicyclic) bond motifs is 1. The third-order valence-corrected chi connectivity index (χ3v) is 4.71. The molecule has 8 heteroatoms. The molecule has 0 unspecified atom stereocenters. The summed E-state index contributed by atoms with van der Waals surface area (Å²) >= 11 is 3.38. The topological polar surface area (TPSA) is 81.8 Å². The summed E-state index contributed by atoms with van der Waals surface area (Å²) in [5.74, 6) is -0.319. The zero-order valence-corrected chi connectivity index (χ0v) is 15.6. The highest BCUT2D eigenvalue weighted by Crippen LogP contribution is 2.21. The van der Waals surface area contributed by atoms with E-state index in [0.717, 1.165) is 10.2 Å². The van der Waals surface area contributed by atoms with Crippen LogP contribution in [0.5, 0.6) is 0 Å². The number of amides is 1. The first-order valence-corrected chi connectivity index (χ1v) is 8.96. The van der Waals surface area contributed by atoms with Crippen LogP contribution in [-0.4, -0.2) is 25.2 Å². The molecule has 0 saturated heterocycles. The van der Waals surface area contributed by atoms with Gasteiger partial charge >= 0.3 is 0 Å². The van der Waals surface area contributed by atoms with Gasteiger partial charge in [0.25, 0.3) is 5.56 Å². The Kier molecular flexibility index (Phi) is 4.55.